The molecular formula is C13H16N2. The Bertz CT molecular complexity index is 401. The third kappa shape index (κ3) is 2.10. The zero-order valence-corrected chi connectivity index (χ0v) is 9.12. The fourth-order valence-electron chi connectivity index (χ4n) is 1.63. The SMILES string of the molecule is CNC(C)c1ccc(-c2ccc[nH]2)cc1. The molecule has 1 aromatic heterocycles. The van der Waals surface area contributed by atoms with Gasteiger partial charge in [0.1, 0.15) is 0 Å². The summed E-state index contributed by atoms with van der Waals surface area (Å²) in [7, 11) is 1.98. The number of rotatable bonds is 3. The average molecular weight is 200 g/mol. The molecule has 0 radical (unpaired) electrons. The number of hydrogen-bond acceptors (Lipinski definition) is 1. The van der Waals surface area contributed by atoms with Crippen molar-refractivity contribution in [1.29, 1.82) is 0 Å². The molecule has 1 atom stereocenters. The van der Waals surface area contributed by atoms with Crippen molar-refractivity contribution in [1.82, 2.24) is 10.3 Å². The van der Waals surface area contributed by atoms with E-state index in [4.69, 9.17) is 0 Å². The Morgan fingerprint density at radius 2 is 1.87 bits per heavy atom. The standard InChI is InChI=1S/C13H16N2/c1-10(14-2)11-5-7-12(8-6-11)13-4-3-9-15-13/h3-10,14-15H,1-2H3. The molecule has 1 unspecified atom stereocenters. The number of aromatic amines is 1. The van der Waals surface area contributed by atoms with Crippen LogP contribution in [0.2, 0.25) is 0 Å². The quantitative estimate of drug-likeness (QED) is 0.783. The Balaban J connectivity index is 2.25. The molecule has 0 fully saturated rings. The fraction of sp³-hybridized carbons (Fsp3) is 0.231. The molecule has 0 bridgehead atoms. The molecule has 0 amide bonds. The van der Waals surface area contributed by atoms with E-state index < -0.39 is 0 Å². The van der Waals surface area contributed by atoms with Crippen LogP contribution in [0.5, 0.6) is 0 Å². The van der Waals surface area contributed by atoms with Crippen LogP contribution in [-0.4, -0.2) is 12.0 Å². The molecule has 2 N–H and O–H groups in total. The summed E-state index contributed by atoms with van der Waals surface area (Å²) in [5, 5.41) is 3.23. The van der Waals surface area contributed by atoms with Crippen molar-refractivity contribution in [2.45, 2.75) is 13.0 Å². The van der Waals surface area contributed by atoms with Crippen molar-refractivity contribution in [2.24, 2.45) is 0 Å². The van der Waals surface area contributed by atoms with Crippen molar-refractivity contribution in [3.8, 4) is 11.3 Å². The molecular weight excluding hydrogens is 184 g/mol. The molecule has 2 nitrogen and oxygen atoms in total. The van der Waals surface area contributed by atoms with Gasteiger partial charge >= 0.3 is 0 Å². The van der Waals surface area contributed by atoms with Gasteiger partial charge in [-0.3, -0.25) is 0 Å². The summed E-state index contributed by atoms with van der Waals surface area (Å²) < 4.78 is 0. The number of H-pyrrole nitrogens is 1. The third-order valence-corrected chi connectivity index (χ3v) is 2.75. The molecule has 0 saturated heterocycles. The van der Waals surface area contributed by atoms with Crippen molar-refractivity contribution in [2.75, 3.05) is 7.05 Å². The highest BCUT2D eigenvalue weighted by atomic mass is 14.8. The molecule has 1 heterocycles. The van der Waals surface area contributed by atoms with Crippen LogP contribution in [0, 0.1) is 0 Å². The molecule has 78 valence electrons. The van der Waals surface area contributed by atoms with E-state index in [0.29, 0.717) is 6.04 Å². The van der Waals surface area contributed by atoms with Crippen molar-refractivity contribution >= 4 is 0 Å². The predicted octanol–water partition coefficient (Wildman–Crippen LogP) is 2.96. The van der Waals surface area contributed by atoms with Crippen LogP contribution in [0.3, 0.4) is 0 Å². The molecule has 0 aliphatic heterocycles. The Hall–Kier alpha value is -1.54. The van der Waals surface area contributed by atoms with Gasteiger partial charge < -0.3 is 10.3 Å². The van der Waals surface area contributed by atoms with E-state index in [1.807, 2.05) is 19.3 Å². The number of aromatic nitrogens is 1. The first-order chi connectivity index (χ1) is 7.31. The van der Waals surface area contributed by atoms with E-state index in [2.05, 4.69) is 47.6 Å². The number of hydrogen-bond donors (Lipinski definition) is 2. The summed E-state index contributed by atoms with van der Waals surface area (Å²) in [4.78, 5) is 3.20. The van der Waals surface area contributed by atoms with Crippen LogP contribution in [0.4, 0.5) is 0 Å². The minimum absolute atomic E-state index is 0.405. The molecule has 15 heavy (non-hydrogen) atoms. The minimum atomic E-state index is 0.405. The van der Waals surface area contributed by atoms with Crippen LogP contribution in [0.1, 0.15) is 18.5 Å². The minimum Gasteiger partial charge on any atom is -0.361 e. The zero-order valence-electron chi connectivity index (χ0n) is 9.12. The first-order valence-corrected chi connectivity index (χ1v) is 5.22. The van der Waals surface area contributed by atoms with E-state index in [0.717, 1.165) is 0 Å². The van der Waals surface area contributed by atoms with Crippen molar-refractivity contribution in [3.63, 3.8) is 0 Å². The highest BCUT2D eigenvalue weighted by Gasteiger charge is 2.02. The molecule has 0 saturated carbocycles. The number of benzene rings is 1. The first-order valence-electron chi connectivity index (χ1n) is 5.22. The van der Waals surface area contributed by atoms with Crippen LogP contribution < -0.4 is 5.32 Å². The van der Waals surface area contributed by atoms with Crippen LogP contribution in [0.15, 0.2) is 42.6 Å². The lowest BCUT2D eigenvalue weighted by Gasteiger charge is -2.10. The van der Waals surface area contributed by atoms with Gasteiger partial charge in [0, 0.05) is 17.9 Å². The highest BCUT2D eigenvalue weighted by molar-refractivity contribution is 5.59. The zero-order chi connectivity index (χ0) is 10.7. The van der Waals surface area contributed by atoms with Gasteiger partial charge in [0.05, 0.1) is 0 Å². The van der Waals surface area contributed by atoms with Crippen molar-refractivity contribution in [3.05, 3.63) is 48.2 Å². The van der Waals surface area contributed by atoms with Gasteiger partial charge in [-0.15, -0.1) is 0 Å². The van der Waals surface area contributed by atoms with Gasteiger partial charge in [0.15, 0.2) is 0 Å². The lowest BCUT2D eigenvalue weighted by Crippen LogP contribution is -2.11. The monoisotopic (exact) mass is 200 g/mol. The maximum absolute atomic E-state index is 3.23. The molecule has 2 aromatic rings. The summed E-state index contributed by atoms with van der Waals surface area (Å²) >= 11 is 0. The lowest BCUT2D eigenvalue weighted by atomic mass is 10.1. The van der Waals surface area contributed by atoms with Gasteiger partial charge in [0.25, 0.3) is 0 Å². The summed E-state index contributed by atoms with van der Waals surface area (Å²) in [6.45, 7) is 2.16. The van der Waals surface area contributed by atoms with E-state index in [9.17, 15) is 0 Å². The lowest BCUT2D eigenvalue weighted by molar-refractivity contribution is 0.652. The van der Waals surface area contributed by atoms with E-state index in [1.165, 1.54) is 16.8 Å². The van der Waals surface area contributed by atoms with Gasteiger partial charge in [0.2, 0.25) is 0 Å². The van der Waals surface area contributed by atoms with Gasteiger partial charge in [-0.1, -0.05) is 24.3 Å². The van der Waals surface area contributed by atoms with Gasteiger partial charge in [-0.2, -0.15) is 0 Å². The molecule has 2 heteroatoms. The van der Waals surface area contributed by atoms with Crippen LogP contribution in [0.25, 0.3) is 11.3 Å². The first kappa shape index (κ1) is 9.99. The van der Waals surface area contributed by atoms with Crippen molar-refractivity contribution < 1.29 is 0 Å². The molecule has 2 rings (SSSR count). The normalized spacial score (nSPS) is 12.7. The average Bonchev–Trinajstić information content (AvgIpc) is 2.82. The second kappa shape index (κ2) is 4.32. The van der Waals surface area contributed by atoms with Gasteiger partial charge in [-0.05, 0) is 37.2 Å². The summed E-state index contributed by atoms with van der Waals surface area (Å²) in [5.41, 5.74) is 3.71. The Kier molecular flexibility index (Phi) is 2.88. The van der Waals surface area contributed by atoms with E-state index in [-0.39, 0.29) is 0 Å². The fourth-order valence-corrected chi connectivity index (χ4v) is 1.63. The second-order valence-corrected chi connectivity index (χ2v) is 3.72. The van der Waals surface area contributed by atoms with E-state index in [1.54, 1.807) is 0 Å². The van der Waals surface area contributed by atoms with Crippen LogP contribution >= 0.6 is 0 Å². The molecule has 0 aliphatic rings. The maximum atomic E-state index is 3.23. The topological polar surface area (TPSA) is 27.8 Å². The molecule has 0 spiro atoms. The predicted molar refractivity (Wildman–Crippen MR) is 63.7 cm³/mol. The summed E-state index contributed by atoms with van der Waals surface area (Å²) in [6.07, 6.45) is 1.94. The molecule has 0 aliphatic carbocycles. The largest absolute Gasteiger partial charge is 0.361 e. The Labute approximate surface area is 90.3 Å². The Morgan fingerprint density at radius 1 is 1.13 bits per heavy atom. The Morgan fingerprint density at radius 3 is 2.40 bits per heavy atom. The summed E-state index contributed by atoms with van der Waals surface area (Å²) in [5.74, 6) is 0. The second-order valence-electron chi connectivity index (χ2n) is 3.72. The van der Waals surface area contributed by atoms with Crippen LogP contribution in [-0.2, 0) is 0 Å². The highest BCUT2D eigenvalue weighted by Crippen LogP contribution is 2.20. The van der Waals surface area contributed by atoms with Gasteiger partial charge in [-0.25, -0.2) is 0 Å². The van der Waals surface area contributed by atoms with E-state index >= 15 is 0 Å². The smallest absolute Gasteiger partial charge is 0.0453 e. The molecule has 1 aromatic carbocycles. The summed E-state index contributed by atoms with van der Waals surface area (Å²) in [6, 6.07) is 13.1. The maximum Gasteiger partial charge on any atom is 0.0453 e. The third-order valence-electron chi connectivity index (χ3n) is 2.75. The number of nitrogens with one attached hydrogen (secondary N) is 2.